The molecule has 1 aliphatic carbocycles. The lowest BCUT2D eigenvalue weighted by molar-refractivity contribution is -0.164. The van der Waals surface area contributed by atoms with E-state index in [0.29, 0.717) is 6.61 Å². The Hall–Kier alpha value is -0.845. The monoisotopic (exact) mass is 335 g/mol. The maximum absolute atomic E-state index is 12.4. The summed E-state index contributed by atoms with van der Waals surface area (Å²) < 4.78 is 17.6. The second-order valence-electron chi connectivity index (χ2n) is 8.17. The Morgan fingerprint density at radius 2 is 1.88 bits per heavy atom. The van der Waals surface area contributed by atoms with Crippen molar-refractivity contribution in [2.24, 2.45) is 0 Å². The molecule has 1 saturated heterocycles. The quantitative estimate of drug-likeness (QED) is 0.584. The van der Waals surface area contributed by atoms with E-state index in [2.05, 4.69) is 38.7 Å². The molecule has 1 saturated carbocycles. The van der Waals surface area contributed by atoms with Crippen molar-refractivity contribution in [1.29, 1.82) is 0 Å². The second kappa shape index (κ2) is 6.15. The molecule has 0 radical (unpaired) electrons. The summed E-state index contributed by atoms with van der Waals surface area (Å²) in [7, 11) is -0.267. The lowest BCUT2D eigenvalue weighted by Gasteiger charge is -2.48. The highest BCUT2D eigenvalue weighted by Gasteiger charge is 2.54. The summed E-state index contributed by atoms with van der Waals surface area (Å²) in [4.78, 5) is 14.7. The van der Waals surface area contributed by atoms with Crippen LogP contribution in [0.5, 0.6) is 0 Å². The standard InChI is InChI=1S/C18H30BNO4/c1-6-22-15(21)18(10-7-11-18)20-12-8-14(9-13-20)19-23-16(2,3)17(4,5)24-19/h8H,6-7,9-13H2,1-5H3. The second-order valence-corrected chi connectivity index (χ2v) is 8.17. The maximum atomic E-state index is 12.4. The summed E-state index contributed by atoms with van der Waals surface area (Å²) in [6.45, 7) is 12.2. The number of carbonyl (C=O) groups excluding carboxylic acids is 1. The average molecular weight is 335 g/mol. The number of rotatable bonds is 4. The molecule has 0 N–H and O–H groups in total. The molecule has 0 aromatic rings. The summed E-state index contributed by atoms with van der Waals surface area (Å²) in [6, 6.07) is 0. The average Bonchev–Trinajstić information content (AvgIpc) is 2.67. The van der Waals surface area contributed by atoms with Gasteiger partial charge in [-0.3, -0.25) is 9.69 Å². The van der Waals surface area contributed by atoms with Crippen LogP contribution in [0.1, 0.15) is 60.3 Å². The Morgan fingerprint density at radius 3 is 2.29 bits per heavy atom. The van der Waals surface area contributed by atoms with Crippen LogP contribution in [-0.4, -0.2) is 54.4 Å². The molecule has 0 amide bonds. The minimum absolute atomic E-state index is 0.0521. The molecule has 6 heteroatoms. The maximum Gasteiger partial charge on any atom is 0.490 e. The van der Waals surface area contributed by atoms with E-state index in [1.807, 2.05) is 6.92 Å². The van der Waals surface area contributed by atoms with Gasteiger partial charge in [0.2, 0.25) is 0 Å². The molecule has 24 heavy (non-hydrogen) atoms. The largest absolute Gasteiger partial charge is 0.490 e. The highest BCUT2D eigenvalue weighted by Crippen LogP contribution is 2.42. The molecule has 3 aliphatic rings. The third-order valence-electron chi connectivity index (χ3n) is 6.24. The molecule has 0 bridgehead atoms. The first kappa shape index (κ1) is 18.0. The van der Waals surface area contributed by atoms with Gasteiger partial charge in [-0.25, -0.2) is 0 Å². The topological polar surface area (TPSA) is 48.0 Å². The smallest absolute Gasteiger partial charge is 0.465 e. The summed E-state index contributed by atoms with van der Waals surface area (Å²) in [5.74, 6) is -0.0521. The summed E-state index contributed by atoms with van der Waals surface area (Å²) >= 11 is 0. The molecule has 134 valence electrons. The van der Waals surface area contributed by atoms with Crippen molar-refractivity contribution < 1.29 is 18.8 Å². The molecule has 2 heterocycles. The summed E-state index contributed by atoms with van der Waals surface area (Å²) in [6.07, 6.45) is 5.98. The van der Waals surface area contributed by atoms with Crippen molar-refractivity contribution in [2.45, 2.75) is 77.0 Å². The van der Waals surface area contributed by atoms with Gasteiger partial charge in [0.1, 0.15) is 5.54 Å². The van der Waals surface area contributed by atoms with Gasteiger partial charge in [0.05, 0.1) is 17.8 Å². The zero-order valence-corrected chi connectivity index (χ0v) is 15.7. The van der Waals surface area contributed by atoms with Gasteiger partial charge in [0.15, 0.2) is 0 Å². The number of nitrogens with zero attached hydrogens (tertiary/aromatic N) is 1. The van der Waals surface area contributed by atoms with Crippen LogP contribution in [0.3, 0.4) is 0 Å². The van der Waals surface area contributed by atoms with Gasteiger partial charge >= 0.3 is 13.1 Å². The summed E-state index contributed by atoms with van der Waals surface area (Å²) in [5, 5.41) is 0. The zero-order valence-electron chi connectivity index (χ0n) is 15.7. The predicted octanol–water partition coefficient (Wildman–Crippen LogP) is 2.74. The van der Waals surface area contributed by atoms with Crippen molar-refractivity contribution in [1.82, 2.24) is 4.90 Å². The first-order chi connectivity index (χ1) is 11.2. The van der Waals surface area contributed by atoms with Crippen LogP contribution < -0.4 is 0 Å². The lowest BCUT2D eigenvalue weighted by Crippen LogP contribution is -2.61. The van der Waals surface area contributed by atoms with E-state index in [1.165, 1.54) is 5.47 Å². The highest BCUT2D eigenvalue weighted by atomic mass is 16.7. The number of ether oxygens (including phenoxy) is 1. The normalized spacial score (nSPS) is 28.2. The number of hydrogen-bond donors (Lipinski definition) is 0. The Balaban J connectivity index is 1.68. The van der Waals surface area contributed by atoms with Gasteiger partial charge in [0, 0.05) is 13.1 Å². The van der Waals surface area contributed by atoms with E-state index >= 15 is 0 Å². The van der Waals surface area contributed by atoms with Crippen molar-refractivity contribution >= 4 is 13.1 Å². The van der Waals surface area contributed by atoms with Crippen LogP contribution in [0.15, 0.2) is 11.5 Å². The SMILES string of the molecule is CCOC(=O)C1(N2CC=C(B3OC(C)(C)C(C)(C)O3)CC2)CCC1. The number of esters is 1. The van der Waals surface area contributed by atoms with E-state index in [-0.39, 0.29) is 24.3 Å². The number of carbonyl (C=O) groups is 1. The Bertz CT molecular complexity index is 523. The zero-order chi connectivity index (χ0) is 17.6. The lowest BCUT2D eigenvalue weighted by atomic mass is 9.71. The molecule has 0 aromatic carbocycles. The molecule has 3 rings (SSSR count). The first-order valence-electron chi connectivity index (χ1n) is 9.19. The molecule has 5 nitrogen and oxygen atoms in total. The summed E-state index contributed by atoms with van der Waals surface area (Å²) in [5.41, 5.74) is 0.183. The minimum atomic E-state index is -0.395. The van der Waals surface area contributed by atoms with Gasteiger partial charge in [-0.1, -0.05) is 6.08 Å². The van der Waals surface area contributed by atoms with Gasteiger partial charge < -0.3 is 14.0 Å². The molecule has 0 spiro atoms. The van der Waals surface area contributed by atoms with Gasteiger partial charge in [-0.2, -0.15) is 0 Å². The predicted molar refractivity (Wildman–Crippen MR) is 93.6 cm³/mol. The molecule has 0 aromatic heterocycles. The van der Waals surface area contributed by atoms with E-state index in [9.17, 15) is 4.79 Å². The van der Waals surface area contributed by atoms with Crippen LogP contribution in [-0.2, 0) is 18.8 Å². The van der Waals surface area contributed by atoms with E-state index < -0.39 is 5.54 Å². The minimum Gasteiger partial charge on any atom is -0.465 e. The Labute approximate surface area is 145 Å². The molecule has 2 fully saturated rings. The van der Waals surface area contributed by atoms with Crippen LogP contribution in [0.4, 0.5) is 0 Å². The Morgan fingerprint density at radius 1 is 1.25 bits per heavy atom. The molecular weight excluding hydrogens is 305 g/mol. The van der Waals surface area contributed by atoms with Crippen molar-refractivity contribution in [3.8, 4) is 0 Å². The number of hydrogen-bond acceptors (Lipinski definition) is 5. The molecule has 0 unspecified atom stereocenters. The molecule has 0 atom stereocenters. The van der Waals surface area contributed by atoms with E-state index in [0.717, 1.165) is 38.8 Å². The van der Waals surface area contributed by atoms with Crippen molar-refractivity contribution in [2.75, 3.05) is 19.7 Å². The first-order valence-corrected chi connectivity index (χ1v) is 9.19. The van der Waals surface area contributed by atoms with Crippen LogP contribution in [0, 0.1) is 0 Å². The third kappa shape index (κ3) is 2.82. The fourth-order valence-electron chi connectivity index (χ4n) is 3.71. The van der Waals surface area contributed by atoms with Gasteiger partial charge in [-0.15, -0.1) is 0 Å². The van der Waals surface area contributed by atoms with Crippen LogP contribution in [0.25, 0.3) is 0 Å². The highest BCUT2D eigenvalue weighted by molar-refractivity contribution is 6.54. The van der Waals surface area contributed by atoms with Gasteiger partial charge in [0.25, 0.3) is 0 Å². The third-order valence-corrected chi connectivity index (χ3v) is 6.24. The van der Waals surface area contributed by atoms with Crippen LogP contribution in [0.2, 0.25) is 0 Å². The fourth-order valence-corrected chi connectivity index (χ4v) is 3.71. The fraction of sp³-hybridized carbons (Fsp3) is 0.833. The molecule has 2 aliphatic heterocycles. The van der Waals surface area contributed by atoms with Crippen molar-refractivity contribution in [3.63, 3.8) is 0 Å². The van der Waals surface area contributed by atoms with Crippen LogP contribution >= 0.6 is 0 Å². The van der Waals surface area contributed by atoms with E-state index in [1.54, 1.807) is 0 Å². The van der Waals surface area contributed by atoms with Crippen molar-refractivity contribution in [3.05, 3.63) is 11.5 Å². The molecular formula is C18H30BNO4. The Kier molecular flexibility index (Phi) is 4.60. The van der Waals surface area contributed by atoms with Gasteiger partial charge in [-0.05, 0) is 65.8 Å². The van der Waals surface area contributed by atoms with E-state index in [4.69, 9.17) is 14.0 Å².